The Kier molecular flexibility index (Phi) is 7.75. The fourth-order valence-electron chi connectivity index (χ4n) is 4.70. The molecule has 2 amide bonds. The second-order valence-electron chi connectivity index (χ2n) is 9.65. The predicted octanol–water partition coefficient (Wildman–Crippen LogP) is 6.21. The number of amides is 2. The van der Waals surface area contributed by atoms with E-state index in [2.05, 4.69) is 6.58 Å². The van der Waals surface area contributed by atoms with Gasteiger partial charge in [-0.15, -0.1) is 6.58 Å². The number of aromatic nitrogens is 2. The lowest BCUT2D eigenvalue weighted by Crippen LogP contribution is -2.42. The Balaban J connectivity index is 1.59. The average Bonchev–Trinajstić information content (AvgIpc) is 3.42. The number of aryl methyl sites for hydroxylation is 1. The first-order chi connectivity index (χ1) is 19.9. The second kappa shape index (κ2) is 11.7. The maximum atomic E-state index is 13.4. The highest BCUT2D eigenvalue weighted by Gasteiger charge is 2.35. The van der Waals surface area contributed by atoms with Gasteiger partial charge in [0.2, 0.25) is 0 Å². The topological polar surface area (TPSA) is 88.2 Å². The molecule has 1 aliphatic heterocycles. The van der Waals surface area contributed by atoms with Crippen LogP contribution in [-0.4, -0.2) is 33.0 Å². The van der Waals surface area contributed by atoms with Gasteiger partial charge in [0.05, 0.1) is 11.4 Å². The van der Waals surface area contributed by atoms with Crippen molar-refractivity contribution in [2.45, 2.75) is 20.5 Å². The van der Waals surface area contributed by atoms with Crippen LogP contribution < -0.4 is 4.74 Å². The molecule has 0 bridgehead atoms. The zero-order valence-corrected chi connectivity index (χ0v) is 22.9. The number of nitriles is 1. The van der Waals surface area contributed by atoms with E-state index in [-0.39, 0.29) is 17.7 Å². The number of imide groups is 1. The standard InChI is InChI=1S/C34H28N4O3/c1-4-17-37-33(39)29(24(3)30(20-35)34(37)40)19-27-21-38(28-13-9-6-10-14-28)36-32(27)26-15-16-31(23(2)18-26)41-22-25-11-7-5-8-12-25/h4-16,18-19,21H,1,17,22H2,2-3H3/b29-19+. The van der Waals surface area contributed by atoms with Crippen LogP contribution in [0.2, 0.25) is 0 Å². The van der Waals surface area contributed by atoms with E-state index in [4.69, 9.17) is 9.84 Å². The summed E-state index contributed by atoms with van der Waals surface area (Å²) in [6, 6.07) is 27.4. The number of para-hydroxylation sites is 1. The molecule has 4 aromatic rings. The molecule has 0 N–H and O–H groups in total. The second-order valence-corrected chi connectivity index (χ2v) is 9.65. The largest absolute Gasteiger partial charge is 0.489 e. The highest BCUT2D eigenvalue weighted by molar-refractivity contribution is 6.20. The molecule has 0 fully saturated rings. The molecule has 0 spiro atoms. The molecule has 1 aromatic heterocycles. The quantitative estimate of drug-likeness (QED) is 0.151. The Bertz CT molecular complexity index is 1740. The van der Waals surface area contributed by atoms with Crippen molar-refractivity contribution in [3.05, 3.63) is 131 Å². The molecule has 41 heavy (non-hydrogen) atoms. The molecule has 0 unspecified atom stereocenters. The van der Waals surface area contributed by atoms with E-state index in [9.17, 15) is 14.9 Å². The Hall–Kier alpha value is -5.48. The minimum absolute atomic E-state index is 0.00718. The number of rotatable bonds is 8. The summed E-state index contributed by atoms with van der Waals surface area (Å²) in [5.41, 5.74) is 5.54. The van der Waals surface area contributed by atoms with Crippen molar-refractivity contribution >= 4 is 17.9 Å². The SMILES string of the molecule is C=CCN1C(=O)C(C#N)=C(C)/C(=C\c2cn(-c3ccccc3)nc2-c2ccc(OCc3ccccc3)c(C)c2)C1=O. The molecule has 2 heterocycles. The summed E-state index contributed by atoms with van der Waals surface area (Å²) >= 11 is 0. The molecule has 0 saturated carbocycles. The smallest absolute Gasteiger partial charge is 0.271 e. The van der Waals surface area contributed by atoms with Crippen molar-refractivity contribution in [2.24, 2.45) is 0 Å². The van der Waals surface area contributed by atoms with E-state index < -0.39 is 11.8 Å². The summed E-state index contributed by atoms with van der Waals surface area (Å²) in [6.07, 6.45) is 5.01. The number of benzene rings is 3. The lowest BCUT2D eigenvalue weighted by atomic mass is 9.93. The van der Waals surface area contributed by atoms with Crippen molar-refractivity contribution < 1.29 is 14.3 Å². The number of hydrogen-bond acceptors (Lipinski definition) is 5. The highest BCUT2D eigenvalue weighted by Crippen LogP contribution is 2.33. The number of carbonyl (C=O) groups is 2. The molecular formula is C34H28N4O3. The van der Waals surface area contributed by atoms with Gasteiger partial charge in [-0.25, -0.2) is 4.68 Å². The average molecular weight is 541 g/mol. The normalized spacial score (nSPS) is 14.4. The van der Waals surface area contributed by atoms with E-state index >= 15 is 0 Å². The molecule has 0 aliphatic carbocycles. The first-order valence-corrected chi connectivity index (χ1v) is 13.1. The van der Waals surface area contributed by atoms with Crippen LogP contribution in [-0.2, 0) is 16.2 Å². The molecule has 0 atom stereocenters. The van der Waals surface area contributed by atoms with E-state index in [0.29, 0.717) is 23.4 Å². The maximum absolute atomic E-state index is 13.4. The van der Waals surface area contributed by atoms with Gasteiger partial charge in [0.1, 0.15) is 24.0 Å². The van der Waals surface area contributed by atoms with E-state index in [1.807, 2.05) is 98.1 Å². The molecule has 1 aliphatic rings. The number of carbonyl (C=O) groups excluding carboxylic acids is 2. The first-order valence-electron chi connectivity index (χ1n) is 13.1. The Labute approximate surface area is 238 Å². The van der Waals surface area contributed by atoms with Gasteiger partial charge in [0.15, 0.2) is 0 Å². The zero-order valence-electron chi connectivity index (χ0n) is 22.9. The summed E-state index contributed by atoms with van der Waals surface area (Å²) in [7, 11) is 0. The zero-order chi connectivity index (χ0) is 28.9. The molecule has 3 aromatic carbocycles. The molecule has 5 rings (SSSR count). The van der Waals surface area contributed by atoms with Crippen LogP contribution in [0.5, 0.6) is 5.75 Å². The van der Waals surface area contributed by atoms with Crippen molar-refractivity contribution in [3.8, 4) is 28.8 Å². The van der Waals surface area contributed by atoms with Crippen LogP contribution in [0.15, 0.2) is 114 Å². The van der Waals surface area contributed by atoms with Gasteiger partial charge in [-0.05, 0) is 67.0 Å². The molecule has 7 heteroatoms. The fourth-order valence-corrected chi connectivity index (χ4v) is 4.70. The van der Waals surface area contributed by atoms with Crippen LogP contribution >= 0.6 is 0 Å². The highest BCUT2D eigenvalue weighted by atomic mass is 16.5. The third kappa shape index (κ3) is 5.49. The van der Waals surface area contributed by atoms with Gasteiger partial charge in [-0.3, -0.25) is 14.5 Å². The third-order valence-corrected chi connectivity index (χ3v) is 6.89. The summed E-state index contributed by atoms with van der Waals surface area (Å²) in [6.45, 7) is 7.71. The molecule has 0 radical (unpaired) electrons. The van der Waals surface area contributed by atoms with Gasteiger partial charge in [-0.1, -0.05) is 54.6 Å². The van der Waals surface area contributed by atoms with E-state index in [0.717, 1.165) is 33.0 Å². The molecule has 202 valence electrons. The number of hydrogen-bond donors (Lipinski definition) is 0. The fraction of sp³-hybridized carbons (Fsp3) is 0.118. The Morgan fingerprint density at radius 1 is 0.976 bits per heavy atom. The summed E-state index contributed by atoms with van der Waals surface area (Å²) in [4.78, 5) is 27.2. The minimum Gasteiger partial charge on any atom is -0.489 e. The van der Waals surface area contributed by atoms with Crippen LogP contribution in [0.1, 0.15) is 23.6 Å². The number of nitrogens with zero attached hydrogens (tertiary/aromatic N) is 4. The van der Waals surface area contributed by atoms with E-state index in [1.165, 1.54) is 6.08 Å². The van der Waals surface area contributed by atoms with Crippen molar-refractivity contribution in [2.75, 3.05) is 6.54 Å². The predicted molar refractivity (Wildman–Crippen MR) is 158 cm³/mol. The third-order valence-electron chi connectivity index (χ3n) is 6.89. The molecule has 7 nitrogen and oxygen atoms in total. The Morgan fingerprint density at radius 2 is 1.68 bits per heavy atom. The molecular weight excluding hydrogens is 512 g/mol. The van der Waals surface area contributed by atoms with Crippen molar-refractivity contribution in [3.63, 3.8) is 0 Å². The van der Waals surface area contributed by atoms with Crippen LogP contribution in [0, 0.1) is 18.3 Å². The van der Waals surface area contributed by atoms with Crippen molar-refractivity contribution in [1.29, 1.82) is 5.26 Å². The van der Waals surface area contributed by atoms with E-state index in [1.54, 1.807) is 17.7 Å². The summed E-state index contributed by atoms with van der Waals surface area (Å²) in [5, 5.41) is 14.6. The van der Waals surface area contributed by atoms with Gasteiger partial charge < -0.3 is 4.74 Å². The van der Waals surface area contributed by atoms with Gasteiger partial charge >= 0.3 is 0 Å². The summed E-state index contributed by atoms with van der Waals surface area (Å²) in [5.74, 6) is -0.335. The number of ether oxygens (including phenoxy) is 1. The first kappa shape index (κ1) is 27.1. The minimum atomic E-state index is -0.617. The molecule has 0 saturated heterocycles. The van der Waals surface area contributed by atoms with Crippen LogP contribution in [0.3, 0.4) is 0 Å². The van der Waals surface area contributed by atoms with Crippen LogP contribution in [0.4, 0.5) is 0 Å². The van der Waals surface area contributed by atoms with Gasteiger partial charge in [0, 0.05) is 29.4 Å². The van der Waals surface area contributed by atoms with Gasteiger partial charge in [-0.2, -0.15) is 10.4 Å². The monoisotopic (exact) mass is 540 g/mol. The summed E-state index contributed by atoms with van der Waals surface area (Å²) < 4.78 is 7.82. The van der Waals surface area contributed by atoms with Gasteiger partial charge in [0.25, 0.3) is 11.8 Å². The maximum Gasteiger partial charge on any atom is 0.271 e. The Morgan fingerprint density at radius 3 is 2.34 bits per heavy atom. The van der Waals surface area contributed by atoms with Crippen LogP contribution in [0.25, 0.3) is 23.0 Å². The van der Waals surface area contributed by atoms with Crippen molar-refractivity contribution in [1.82, 2.24) is 14.7 Å². The lowest BCUT2D eigenvalue weighted by molar-refractivity contribution is -0.139. The lowest BCUT2D eigenvalue weighted by Gasteiger charge is -2.26.